The molecule has 1 aliphatic heterocycles. The lowest BCUT2D eigenvalue weighted by Crippen LogP contribution is -2.29. The van der Waals surface area contributed by atoms with Crippen molar-refractivity contribution in [1.82, 2.24) is 14.8 Å². The number of fused-ring (bicyclic) bond motifs is 1. The molecule has 34 heavy (non-hydrogen) atoms. The first-order valence-electron chi connectivity index (χ1n) is 10.2. The molecule has 0 amide bonds. The van der Waals surface area contributed by atoms with E-state index in [0.29, 0.717) is 22.6 Å². The number of thioether (sulfide) groups is 1. The number of nitro benzene ring substituents is 1. The number of anilines is 1. The Labute approximate surface area is 197 Å². The predicted molar refractivity (Wildman–Crippen MR) is 120 cm³/mol. The summed E-state index contributed by atoms with van der Waals surface area (Å²) in [6.07, 6.45) is 0. The number of hydrogen-bond acceptors (Lipinski definition) is 8. The summed E-state index contributed by atoms with van der Waals surface area (Å²) in [6, 6.07) is 8.18. The van der Waals surface area contributed by atoms with Crippen LogP contribution < -0.4 is 5.32 Å². The van der Waals surface area contributed by atoms with Gasteiger partial charge in [-0.3, -0.25) is 10.1 Å². The van der Waals surface area contributed by atoms with Crippen molar-refractivity contribution in [2.24, 2.45) is 0 Å². The predicted octanol–water partition coefficient (Wildman–Crippen LogP) is 4.61. The van der Waals surface area contributed by atoms with Crippen molar-refractivity contribution in [3.05, 3.63) is 86.6 Å². The third-order valence-corrected chi connectivity index (χ3v) is 5.95. The molecule has 0 bridgehead atoms. The summed E-state index contributed by atoms with van der Waals surface area (Å²) in [4.78, 5) is 27.5. The van der Waals surface area contributed by atoms with E-state index in [2.05, 4.69) is 15.4 Å². The second-order valence-electron chi connectivity index (χ2n) is 7.36. The van der Waals surface area contributed by atoms with Gasteiger partial charge in [0, 0.05) is 29.6 Å². The summed E-state index contributed by atoms with van der Waals surface area (Å²) < 4.78 is 34.7. The molecule has 0 saturated heterocycles. The Balaban J connectivity index is 1.67. The third kappa shape index (κ3) is 4.76. The number of nitrogens with zero attached hydrogens (tertiary/aromatic N) is 4. The zero-order chi connectivity index (χ0) is 24.4. The van der Waals surface area contributed by atoms with Gasteiger partial charge in [0.1, 0.15) is 17.7 Å². The molecular weight excluding hydrogens is 468 g/mol. The van der Waals surface area contributed by atoms with Gasteiger partial charge in [0.25, 0.3) is 5.69 Å². The van der Waals surface area contributed by atoms with Gasteiger partial charge in [-0.1, -0.05) is 23.9 Å². The molecule has 0 fully saturated rings. The van der Waals surface area contributed by atoms with E-state index in [1.54, 1.807) is 26.0 Å². The highest BCUT2D eigenvalue weighted by Gasteiger charge is 2.35. The van der Waals surface area contributed by atoms with Crippen molar-refractivity contribution in [1.29, 1.82) is 0 Å². The highest BCUT2D eigenvalue weighted by Crippen LogP contribution is 2.37. The number of hydrogen-bond donors (Lipinski definition) is 1. The van der Waals surface area contributed by atoms with Crippen LogP contribution in [0.4, 0.5) is 20.4 Å². The molecule has 0 saturated carbocycles. The SMILES string of the molecule is CCOC(=O)C1=C(C)Nc2nc(SCc3ccc([N+](=O)[O-])cc3)nn2C1c1cc(F)cc(F)c1. The Morgan fingerprint density at radius 2 is 1.91 bits per heavy atom. The standard InChI is InChI=1S/C22H19F2N5O4S/c1-3-33-20(30)18-12(2)25-21-26-22(34-11-13-4-6-17(7-5-13)29(31)32)27-28(21)19(18)14-8-15(23)10-16(24)9-14/h4-10,19H,3,11H2,1-2H3,(H,25,26,27). The van der Waals surface area contributed by atoms with Crippen LogP contribution in [0.15, 0.2) is 58.9 Å². The lowest BCUT2D eigenvalue weighted by Gasteiger charge is -2.28. The molecule has 12 heteroatoms. The number of halogens is 2. The van der Waals surface area contributed by atoms with Crippen molar-refractivity contribution in [3.8, 4) is 0 Å². The molecule has 9 nitrogen and oxygen atoms in total. The first-order valence-corrected chi connectivity index (χ1v) is 11.2. The van der Waals surface area contributed by atoms with Crippen LogP contribution in [0.5, 0.6) is 0 Å². The number of rotatable bonds is 7. The first-order chi connectivity index (χ1) is 16.3. The fourth-order valence-electron chi connectivity index (χ4n) is 3.57. The number of esters is 1. The fourth-order valence-corrected chi connectivity index (χ4v) is 4.35. The minimum absolute atomic E-state index is 0.00765. The molecule has 0 aliphatic carbocycles. The van der Waals surface area contributed by atoms with Gasteiger partial charge in [0.05, 0.1) is 17.1 Å². The van der Waals surface area contributed by atoms with Gasteiger partial charge >= 0.3 is 5.97 Å². The Kier molecular flexibility index (Phi) is 6.59. The van der Waals surface area contributed by atoms with Crippen LogP contribution in [-0.2, 0) is 15.3 Å². The fraction of sp³-hybridized carbons (Fsp3) is 0.227. The number of carbonyl (C=O) groups excluding carboxylic acids is 1. The Morgan fingerprint density at radius 3 is 2.53 bits per heavy atom. The minimum atomic E-state index is -0.957. The summed E-state index contributed by atoms with van der Waals surface area (Å²) in [6.45, 7) is 3.44. The largest absolute Gasteiger partial charge is 0.463 e. The number of ether oxygens (including phenoxy) is 1. The molecule has 0 spiro atoms. The molecule has 1 unspecified atom stereocenters. The van der Waals surface area contributed by atoms with E-state index >= 15 is 0 Å². The zero-order valence-electron chi connectivity index (χ0n) is 18.1. The van der Waals surface area contributed by atoms with Crippen LogP contribution in [0.25, 0.3) is 0 Å². The maximum atomic E-state index is 14.0. The lowest BCUT2D eigenvalue weighted by atomic mass is 9.95. The van der Waals surface area contributed by atoms with E-state index in [4.69, 9.17) is 4.74 Å². The molecule has 0 radical (unpaired) electrons. The third-order valence-electron chi connectivity index (χ3n) is 5.04. The van der Waals surface area contributed by atoms with E-state index in [9.17, 15) is 23.7 Å². The van der Waals surface area contributed by atoms with E-state index in [-0.39, 0.29) is 23.4 Å². The minimum Gasteiger partial charge on any atom is -0.463 e. The molecule has 1 N–H and O–H groups in total. The molecule has 4 rings (SSSR count). The van der Waals surface area contributed by atoms with Gasteiger partial charge in [-0.2, -0.15) is 4.98 Å². The van der Waals surface area contributed by atoms with Gasteiger partial charge in [0.2, 0.25) is 11.1 Å². The normalized spacial score (nSPS) is 15.0. The first kappa shape index (κ1) is 23.4. The van der Waals surface area contributed by atoms with E-state index in [1.165, 1.54) is 28.6 Å². The number of nitro groups is 1. The van der Waals surface area contributed by atoms with Crippen LogP contribution in [-0.4, -0.2) is 32.3 Å². The van der Waals surface area contributed by atoms with Gasteiger partial charge in [-0.25, -0.2) is 18.3 Å². The quantitative estimate of drug-likeness (QED) is 0.223. The Bertz CT molecular complexity index is 1270. The zero-order valence-corrected chi connectivity index (χ0v) is 18.9. The Hall–Kier alpha value is -3.80. The molecule has 1 aromatic heterocycles. The van der Waals surface area contributed by atoms with Crippen molar-refractivity contribution in [2.45, 2.75) is 30.8 Å². The van der Waals surface area contributed by atoms with Crippen molar-refractivity contribution in [2.75, 3.05) is 11.9 Å². The average Bonchev–Trinajstić information content (AvgIpc) is 3.18. The highest BCUT2D eigenvalue weighted by atomic mass is 32.2. The number of non-ortho nitro benzene ring substituents is 1. The van der Waals surface area contributed by atoms with Crippen LogP contribution in [0.2, 0.25) is 0 Å². The summed E-state index contributed by atoms with van der Waals surface area (Å²) in [5, 5.41) is 18.6. The number of aromatic nitrogens is 3. The van der Waals surface area contributed by atoms with Crippen LogP contribution >= 0.6 is 11.8 Å². The van der Waals surface area contributed by atoms with Gasteiger partial charge in [-0.15, -0.1) is 5.10 Å². The smallest absolute Gasteiger partial charge is 0.338 e. The van der Waals surface area contributed by atoms with Crippen molar-refractivity contribution >= 4 is 29.4 Å². The van der Waals surface area contributed by atoms with Crippen molar-refractivity contribution in [3.63, 3.8) is 0 Å². The van der Waals surface area contributed by atoms with Crippen LogP contribution in [0.1, 0.15) is 31.0 Å². The topological polar surface area (TPSA) is 112 Å². The van der Waals surface area contributed by atoms with Crippen molar-refractivity contribution < 1.29 is 23.2 Å². The number of benzene rings is 2. The summed E-state index contributed by atoms with van der Waals surface area (Å²) in [7, 11) is 0. The van der Waals surface area contributed by atoms with E-state index < -0.39 is 28.6 Å². The molecule has 176 valence electrons. The second kappa shape index (κ2) is 9.59. The maximum Gasteiger partial charge on any atom is 0.338 e. The second-order valence-corrected chi connectivity index (χ2v) is 8.31. The molecule has 2 aromatic carbocycles. The maximum absolute atomic E-state index is 14.0. The average molecular weight is 487 g/mol. The van der Waals surface area contributed by atoms with E-state index in [1.807, 2.05) is 0 Å². The van der Waals surface area contributed by atoms with Gasteiger partial charge in [0.15, 0.2) is 0 Å². The number of allylic oxidation sites excluding steroid dienone is 1. The van der Waals surface area contributed by atoms with Gasteiger partial charge in [-0.05, 0) is 37.1 Å². The molecule has 3 aromatic rings. The summed E-state index contributed by atoms with van der Waals surface area (Å²) in [5.74, 6) is -1.49. The van der Waals surface area contributed by atoms with Gasteiger partial charge < -0.3 is 10.1 Å². The molecule has 2 heterocycles. The summed E-state index contributed by atoms with van der Waals surface area (Å²) in [5.41, 5.74) is 1.59. The highest BCUT2D eigenvalue weighted by molar-refractivity contribution is 7.98. The molecule has 1 aliphatic rings. The van der Waals surface area contributed by atoms with Crippen LogP contribution in [0.3, 0.4) is 0 Å². The lowest BCUT2D eigenvalue weighted by molar-refractivity contribution is -0.384. The number of carbonyl (C=O) groups is 1. The molecular formula is C22H19F2N5O4S. The monoisotopic (exact) mass is 487 g/mol. The molecule has 1 atom stereocenters. The summed E-state index contributed by atoms with van der Waals surface area (Å²) >= 11 is 1.27. The Morgan fingerprint density at radius 1 is 1.24 bits per heavy atom. The number of nitrogens with one attached hydrogen (secondary N) is 1. The van der Waals surface area contributed by atoms with Crippen LogP contribution in [0, 0.1) is 21.7 Å². The van der Waals surface area contributed by atoms with E-state index in [0.717, 1.165) is 23.8 Å².